The molecule has 43 heavy (non-hydrogen) atoms. The zero-order valence-electron chi connectivity index (χ0n) is 22.6. The lowest BCUT2D eigenvalue weighted by Gasteiger charge is -2.05. The van der Waals surface area contributed by atoms with Crippen LogP contribution in [0.25, 0.3) is 103 Å². The van der Waals surface area contributed by atoms with E-state index in [-0.39, 0.29) is 0 Å². The Kier molecular flexibility index (Phi) is 3.94. The molecule has 5 aromatic heterocycles. The van der Waals surface area contributed by atoms with E-state index in [0.29, 0.717) is 0 Å². The van der Waals surface area contributed by atoms with Gasteiger partial charge in [0.05, 0.1) is 22.1 Å². The topological polar surface area (TPSA) is 43.3 Å². The molecule has 0 atom stereocenters. The molecule has 0 aliphatic heterocycles. The average Bonchev–Trinajstić information content (AvgIpc) is 3.79. The standard InChI is InChI=1S/C38H19N3OS/c1-5-11-31-22(7-1)25-18-21(14-16-32(25)42-31)20-13-15-30-24(17-20)26-19-27-23-8-2-6-12-33(23)43-37(27)34-35-38(41(30)36(26)34)40-29-10-4-3-9-28(29)39-35/h1-19H. The number of thiophene rings is 1. The quantitative estimate of drug-likeness (QED) is 0.199. The molecule has 11 rings (SSSR count). The zero-order chi connectivity index (χ0) is 27.8. The summed E-state index contributed by atoms with van der Waals surface area (Å²) in [6.07, 6.45) is 0. The van der Waals surface area contributed by atoms with Crippen LogP contribution in [0.5, 0.6) is 0 Å². The second-order valence-electron chi connectivity index (χ2n) is 11.4. The Morgan fingerprint density at radius 1 is 0.558 bits per heavy atom. The monoisotopic (exact) mass is 565 g/mol. The predicted octanol–water partition coefficient (Wildman–Crippen LogP) is 10.7. The number of rotatable bonds is 1. The van der Waals surface area contributed by atoms with Gasteiger partial charge >= 0.3 is 0 Å². The molecule has 198 valence electrons. The van der Waals surface area contributed by atoms with Crippen LogP contribution in [0.15, 0.2) is 120 Å². The highest BCUT2D eigenvalue weighted by molar-refractivity contribution is 7.26. The van der Waals surface area contributed by atoms with Crippen LogP contribution < -0.4 is 0 Å². The van der Waals surface area contributed by atoms with E-state index in [1.54, 1.807) is 0 Å². The molecular weight excluding hydrogens is 547 g/mol. The summed E-state index contributed by atoms with van der Waals surface area (Å²) >= 11 is 1.85. The van der Waals surface area contributed by atoms with Crippen molar-refractivity contribution in [2.75, 3.05) is 0 Å². The van der Waals surface area contributed by atoms with Crippen LogP contribution in [0.4, 0.5) is 0 Å². The van der Waals surface area contributed by atoms with Gasteiger partial charge in [-0.15, -0.1) is 11.3 Å². The summed E-state index contributed by atoms with van der Waals surface area (Å²) in [5, 5.41) is 8.52. The molecule has 0 saturated carbocycles. The highest BCUT2D eigenvalue weighted by Gasteiger charge is 2.24. The van der Waals surface area contributed by atoms with Gasteiger partial charge < -0.3 is 4.42 Å². The second kappa shape index (κ2) is 7.65. The maximum absolute atomic E-state index is 6.11. The predicted molar refractivity (Wildman–Crippen MR) is 180 cm³/mol. The lowest BCUT2D eigenvalue weighted by molar-refractivity contribution is 0.669. The molecule has 0 aliphatic rings. The van der Waals surface area contributed by atoms with Gasteiger partial charge in [0.25, 0.3) is 0 Å². The lowest BCUT2D eigenvalue weighted by Crippen LogP contribution is -1.89. The third kappa shape index (κ3) is 2.75. The van der Waals surface area contributed by atoms with E-state index in [4.69, 9.17) is 14.4 Å². The maximum Gasteiger partial charge on any atom is 0.165 e. The van der Waals surface area contributed by atoms with Gasteiger partial charge in [0.1, 0.15) is 16.7 Å². The van der Waals surface area contributed by atoms with Crippen LogP contribution in [-0.4, -0.2) is 14.4 Å². The molecular formula is C38H19N3OS. The van der Waals surface area contributed by atoms with Crippen LogP contribution in [0.2, 0.25) is 0 Å². The Labute approximate surface area is 247 Å². The Morgan fingerprint density at radius 2 is 1.28 bits per heavy atom. The van der Waals surface area contributed by atoms with Gasteiger partial charge in [0.15, 0.2) is 5.65 Å². The van der Waals surface area contributed by atoms with Gasteiger partial charge in [-0.3, -0.25) is 4.40 Å². The molecule has 0 saturated heterocycles. The number of nitrogens with zero attached hydrogens (tertiary/aromatic N) is 3. The van der Waals surface area contributed by atoms with Crippen molar-refractivity contribution in [1.82, 2.24) is 14.4 Å². The molecule has 4 nitrogen and oxygen atoms in total. The van der Waals surface area contributed by atoms with Crippen molar-refractivity contribution in [3.63, 3.8) is 0 Å². The lowest BCUT2D eigenvalue weighted by atomic mass is 9.99. The molecule has 6 aromatic carbocycles. The van der Waals surface area contributed by atoms with Gasteiger partial charge in [0.2, 0.25) is 0 Å². The summed E-state index contributed by atoms with van der Waals surface area (Å²) in [7, 11) is 0. The minimum atomic E-state index is 0.911. The number of furan rings is 1. The first-order valence-corrected chi connectivity index (χ1v) is 15.2. The first-order chi connectivity index (χ1) is 21.3. The summed E-state index contributed by atoms with van der Waals surface area (Å²) < 4.78 is 11.0. The molecule has 11 aromatic rings. The second-order valence-corrected chi connectivity index (χ2v) is 12.4. The van der Waals surface area contributed by atoms with Crippen LogP contribution in [-0.2, 0) is 0 Å². The summed E-state index contributed by atoms with van der Waals surface area (Å²) in [6, 6.07) is 40.9. The van der Waals surface area contributed by atoms with Gasteiger partial charge in [-0.2, -0.15) is 0 Å². The van der Waals surface area contributed by atoms with Crippen LogP contribution in [0, 0.1) is 0 Å². The third-order valence-electron chi connectivity index (χ3n) is 9.10. The SMILES string of the molecule is c1ccc2nc3c(nc2c1)c1c2sc4ccccc4c2cc2c4cc(-c5ccc6oc7ccccc7c6c5)ccc4n3c21. The Hall–Kier alpha value is -5.52. The van der Waals surface area contributed by atoms with Crippen molar-refractivity contribution < 1.29 is 4.42 Å². The minimum Gasteiger partial charge on any atom is -0.456 e. The molecule has 0 fully saturated rings. The number of benzene rings is 6. The van der Waals surface area contributed by atoms with Crippen molar-refractivity contribution >= 4 is 103 Å². The van der Waals surface area contributed by atoms with Crippen LogP contribution >= 0.6 is 11.3 Å². The smallest absolute Gasteiger partial charge is 0.165 e. The first kappa shape index (κ1) is 22.1. The number of hydrogen-bond acceptors (Lipinski definition) is 4. The fourth-order valence-corrected chi connectivity index (χ4v) is 8.42. The van der Waals surface area contributed by atoms with E-state index in [9.17, 15) is 0 Å². The third-order valence-corrected chi connectivity index (χ3v) is 10.3. The van der Waals surface area contributed by atoms with Crippen molar-refractivity contribution in [2.45, 2.75) is 0 Å². The highest BCUT2D eigenvalue weighted by atomic mass is 32.1. The van der Waals surface area contributed by atoms with Gasteiger partial charge in [-0.05, 0) is 65.7 Å². The van der Waals surface area contributed by atoms with E-state index in [1.165, 1.54) is 53.0 Å². The Bertz CT molecular complexity index is 2960. The van der Waals surface area contributed by atoms with E-state index in [2.05, 4.69) is 95.4 Å². The molecule has 5 heteroatoms. The molecule has 0 spiro atoms. The molecule has 0 radical (unpaired) electrons. The molecule has 0 amide bonds. The normalized spacial score (nSPS) is 12.7. The van der Waals surface area contributed by atoms with Crippen LogP contribution in [0.3, 0.4) is 0 Å². The van der Waals surface area contributed by atoms with Crippen molar-refractivity contribution in [3.8, 4) is 11.1 Å². The molecule has 5 heterocycles. The van der Waals surface area contributed by atoms with Crippen LogP contribution in [0.1, 0.15) is 0 Å². The summed E-state index contributed by atoms with van der Waals surface area (Å²) in [6.45, 7) is 0. The van der Waals surface area contributed by atoms with Crippen molar-refractivity contribution in [1.29, 1.82) is 0 Å². The molecule has 0 unspecified atom stereocenters. The number of aromatic nitrogens is 3. The fourth-order valence-electron chi connectivity index (χ4n) is 7.19. The van der Waals surface area contributed by atoms with Crippen molar-refractivity contribution in [2.24, 2.45) is 0 Å². The van der Waals surface area contributed by atoms with Gasteiger partial charge in [0, 0.05) is 47.1 Å². The largest absolute Gasteiger partial charge is 0.456 e. The van der Waals surface area contributed by atoms with Crippen molar-refractivity contribution in [3.05, 3.63) is 115 Å². The summed E-state index contributed by atoms with van der Waals surface area (Å²) in [4.78, 5) is 10.4. The first-order valence-electron chi connectivity index (χ1n) is 14.4. The molecule has 0 aliphatic carbocycles. The molecule has 0 bridgehead atoms. The highest BCUT2D eigenvalue weighted by Crippen LogP contribution is 2.47. The van der Waals surface area contributed by atoms with E-state index >= 15 is 0 Å². The van der Waals surface area contributed by atoms with Gasteiger partial charge in [-0.25, -0.2) is 9.97 Å². The zero-order valence-corrected chi connectivity index (χ0v) is 23.4. The summed E-state index contributed by atoms with van der Waals surface area (Å²) in [5.74, 6) is 0. The van der Waals surface area contributed by atoms with E-state index < -0.39 is 0 Å². The molecule has 0 N–H and O–H groups in total. The fraction of sp³-hybridized carbons (Fsp3) is 0. The number of fused-ring (bicyclic) bond motifs is 14. The minimum absolute atomic E-state index is 0.911. The summed E-state index contributed by atoms with van der Waals surface area (Å²) in [5.41, 5.74) is 10.3. The van der Waals surface area contributed by atoms with E-state index in [1.807, 2.05) is 35.6 Å². The number of para-hydroxylation sites is 3. The number of hydrogen-bond donors (Lipinski definition) is 0. The maximum atomic E-state index is 6.11. The van der Waals surface area contributed by atoms with Gasteiger partial charge in [-0.1, -0.05) is 60.7 Å². The Morgan fingerprint density at radius 3 is 2.19 bits per heavy atom. The van der Waals surface area contributed by atoms with E-state index in [0.717, 1.165) is 49.7 Å². The average molecular weight is 566 g/mol. The Balaban J connectivity index is 1.29.